The fourth-order valence-corrected chi connectivity index (χ4v) is 2.72. The summed E-state index contributed by atoms with van der Waals surface area (Å²) in [5.41, 5.74) is 0.396. The van der Waals surface area contributed by atoms with Crippen molar-refractivity contribution in [2.45, 2.75) is 25.2 Å². The lowest BCUT2D eigenvalue weighted by Crippen LogP contribution is -2.37. The van der Waals surface area contributed by atoms with Gasteiger partial charge in [0.25, 0.3) is 5.91 Å². The van der Waals surface area contributed by atoms with Gasteiger partial charge in [-0.1, -0.05) is 12.1 Å². The number of aromatic amines is 1. The Hall–Kier alpha value is -2.42. The Morgan fingerprint density at radius 2 is 2.08 bits per heavy atom. The van der Waals surface area contributed by atoms with E-state index in [0.717, 1.165) is 30.7 Å². The second kappa shape index (κ2) is 6.60. The Kier molecular flexibility index (Phi) is 4.52. The van der Waals surface area contributed by atoms with E-state index in [1.54, 1.807) is 0 Å². The van der Waals surface area contributed by atoms with Crippen LogP contribution in [0.2, 0.25) is 0 Å². The fourth-order valence-electron chi connectivity index (χ4n) is 2.72. The molecule has 9 heteroatoms. The van der Waals surface area contributed by atoms with Gasteiger partial charge >= 0.3 is 6.18 Å². The topological polar surface area (TPSA) is 73.9 Å². The summed E-state index contributed by atoms with van der Waals surface area (Å²) >= 11 is 0. The van der Waals surface area contributed by atoms with E-state index in [-0.39, 0.29) is 17.6 Å². The van der Waals surface area contributed by atoms with Crippen LogP contribution in [0.25, 0.3) is 0 Å². The van der Waals surface area contributed by atoms with Gasteiger partial charge in [-0.2, -0.15) is 28.6 Å². The van der Waals surface area contributed by atoms with Crippen LogP contribution in [0, 0.1) is 0 Å². The van der Waals surface area contributed by atoms with Crippen molar-refractivity contribution >= 4 is 5.91 Å². The Morgan fingerprint density at radius 3 is 2.71 bits per heavy atom. The van der Waals surface area contributed by atoms with E-state index in [4.69, 9.17) is 0 Å². The molecule has 24 heavy (non-hydrogen) atoms. The smallest absolute Gasteiger partial charge is 0.347 e. The van der Waals surface area contributed by atoms with Gasteiger partial charge < -0.3 is 5.32 Å². The number of hydrogen-bond acceptors (Lipinski definition) is 4. The summed E-state index contributed by atoms with van der Waals surface area (Å²) in [5.74, 6) is -0.287. The number of likely N-dealkylation sites (tertiary alicyclic amines) is 1. The molecule has 3 rings (SSSR count). The Bertz CT molecular complexity index is 684. The maximum atomic E-state index is 12.6. The third kappa shape index (κ3) is 3.91. The quantitative estimate of drug-likeness (QED) is 0.891. The SMILES string of the molecule is O=C(N[C@H]1CCN(Cc2ccc(C(F)(F)F)cc2)C1)c1cn[nH]n1. The van der Waals surface area contributed by atoms with Gasteiger partial charge in [-0.3, -0.25) is 9.69 Å². The first-order chi connectivity index (χ1) is 11.4. The van der Waals surface area contributed by atoms with Crippen LogP contribution in [-0.4, -0.2) is 45.3 Å². The number of hydrogen-bond donors (Lipinski definition) is 2. The predicted octanol–water partition coefficient (Wildman–Crippen LogP) is 1.83. The van der Waals surface area contributed by atoms with Crippen LogP contribution in [-0.2, 0) is 12.7 Å². The molecule has 1 aromatic carbocycles. The Morgan fingerprint density at radius 1 is 1.33 bits per heavy atom. The van der Waals surface area contributed by atoms with Crippen LogP contribution in [0.15, 0.2) is 30.5 Å². The van der Waals surface area contributed by atoms with Gasteiger partial charge in [0.2, 0.25) is 0 Å². The standard InChI is InChI=1S/C15H16F3N5O/c16-15(17,18)11-3-1-10(2-4-11)8-23-6-5-12(9-23)20-14(24)13-7-19-22-21-13/h1-4,7,12H,5-6,8-9H2,(H,20,24)(H,19,21,22)/t12-/m0/s1. The molecule has 128 valence electrons. The Labute approximate surface area is 136 Å². The second-order valence-electron chi connectivity index (χ2n) is 5.74. The molecular weight excluding hydrogens is 323 g/mol. The lowest BCUT2D eigenvalue weighted by Gasteiger charge is -2.17. The van der Waals surface area contributed by atoms with Crippen molar-refractivity contribution in [2.75, 3.05) is 13.1 Å². The number of halogens is 3. The molecule has 1 aromatic heterocycles. The molecule has 1 aliphatic heterocycles. The van der Waals surface area contributed by atoms with E-state index < -0.39 is 11.7 Å². The molecule has 0 unspecified atom stereocenters. The van der Waals surface area contributed by atoms with Crippen LogP contribution in [0.5, 0.6) is 0 Å². The van der Waals surface area contributed by atoms with Crippen molar-refractivity contribution in [1.82, 2.24) is 25.6 Å². The van der Waals surface area contributed by atoms with Crippen molar-refractivity contribution < 1.29 is 18.0 Å². The summed E-state index contributed by atoms with van der Waals surface area (Å²) in [5, 5.41) is 12.6. The monoisotopic (exact) mass is 339 g/mol. The normalized spacial score (nSPS) is 18.7. The number of nitrogens with one attached hydrogen (secondary N) is 2. The van der Waals surface area contributed by atoms with Crippen LogP contribution < -0.4 is 5.32 Å². The number of carbonyl (C=O) groups excluding carboxylic acids is 1. The maximum Gasteiger partial charge on any atom is 0.416 e. The van der Waals surface area contributed by atoms with Gasteiger partial charge in [0, 0.05) is 25.7 Å². The minimum absolute atomic E-state index is 0.0105. The van der Waals surface area contributed by atoms with Crippen LogP contribution >= 0.6 is 0 Å². The van der Waals surface area contributed by atoms with Crippen LogP contribution in [0.4, 0.5) is 13.2 Å². The van der Waals surface area contributed by atoms with Gasteiger partial charge in [0.15, 0.2) is 5.69 Å². The molecule has 0 bridgehead atoms. The number of alkyl halides is 3. The minimum Gasteiger partial charge on any atom is -0.347 e. The lowest BCUT2D eigenvalue weighted by molar-refractivity contribution is -0.137. The average molecular weight is 339 g/mol. The van der Waals surface area contributed by atoms with Crippen molar-refractivity contribution in [3.8, 4) is 0 Å². The molecule has 2 heterocycles. The molecule has 1 aliphatic rings. The molecule has 0 aliphatic carbocycles. The zero-order valence-electron chi connectivity index (χ0n) is 12.7. The summed E-state index contributed by atoms with van der Waals surface area (Å²) in [6, 6.07) is 5.15. The number of carbonyl (C=O) groups is 1. The molecular formula is C15H16F3N5O. The maximum absolute atomic E-state index is 12.6. The number of nitrogens with zero attached hydrogens (tertiary/aromatic N) is 3. The summed E-state index contributed by atoms with van der Waals surface area (Å²) < 4.78 is 37.7. The third-order valence-corrected chi connectivity index (χ3v) is 3.94. The zero-order chi connectivity index (χ0) is 17.2. The van der Waals surface area contributed by atoms with E-state index in [1.165, 1.54) is 18.3 Å². The molecule has 1 amide bonds. The molecule has 6 nitrogen and oxygen atoms in total. The average Bonchev–Trinajstić information content (AvgIpc) is 3.19. The predicted molar refractivity (Wildman–Crippen MR) is 79.0 cm³/mol. The van der Waals surface area contributed by atoms with E-state index in [9.17, 15) is 18.0 Å². The van der Waals surface area contributed by atoms with Gasteiger partial charge in [-0.05, 0) is 24.1 Å². The lowest BCUT2D eigenvalue weighted by atomic mass is 10.1. The van der Waals surface area contributed by atoms with E-state index in [1.807, 2.05) is 0 Å². The van der Waals surface area contributed by atoms with Gasteiger partial charge in [0.05, 0.1) is 11.8 Å². The second-order valence-corrected chi connectivity index (χ2v) is 5.74. The van der Waals surface area contributed by atoms with Crippen molar-refractivity contribution in [1.29, 1.82) is 0 Å². The first-order valence-electron chi connectivity index (χ1n) is 7.47. The van der Waals surface area contributed by atoms with Gasteiger partial charge in [-0.25, -0.2) is 0 Å². The van der Waals surface area contributed by atoms with Gasteiger partial charge in [0.1, 0.15) is 0 Å². The summed E-state index contributed by atoms with van der Waals surface area (Å²) in [6.45, 7) is 1.96. The Balaban J connectivity index is 1.52. The summed E-state index contributed by atoms with van der Waals surface area (Å²) in [6.07, 6.45) is -2.18. The van der Waals surface area contributed by atoms with Crippen molar-refractivity contribution in [2.24, 2.45) is 0 Å². The number of H-pyrrole nitrogens is 1. The van der Waals surface area contributed by atoms with Gasteiger partial charge in [-0.15, -0.1) is 0 Å². The molecule has 0 saturated carbocycles. The highest BCUT2D eigenvalue weighted by molar-refractivity contribution is 5.92. The fraction of sp³-hybridized carbons (Fsp3) is 0.400. The number of rotatable bonds is 4. The number of aromatic nitrogens is 3. The minimum atomic E-state index is -4.32. The van der Waals surface area contributed by atoms with Crippen molar-refractivity contribution in [3.05, 3.63) is 47.3 Å². The molecule has 0 spiro atoms. The highest BCUT2D eigenvalue weighted by atomic mass is 19.4. The summed E-state index contributed by atoms with van der Waals surface area (Å²) in [7, 11) is 0. The van der Waals surface area contributed by atoms with Crippen LogP contribution in [0.1, 0.15) is 28.0 Å². The van der Waals surface area contributed by atoms with E-state index in [2.05, 4.69) is 25.6 Å². The molecule has 1 atom stereocenters. The summed E-state index contributed by atoms with van der Waals surface area (Å²) in [4.78, 5) is 14.0. The molecule has 1 fully saturated rings. The van der Waals surface area contributed by atoms with Crippen LogP contribution in [0.3, 0.4) is 0 Å². The molecule has 1 saturated heterocycles. The number of benzene rings is 1. The third-order valence-electron chi connectivity index (χ3n) is 3.94. The molecule has 2 N–H and O–H groups in total. The van der Waals surface area contributed by atoms with E-state index >= 15 is 0 Å². The molecule has 2 aromatic rings. The van der Waals surface area contributed by atoms with Crippen molar-refractivity contribution in [3.63, 3.8) is 0 Å². The molecule has 0 radical (unpaired) electrons. The van der Waals surface area contributed by atoms with E-state index in [0.29, 0.717) is 13.1 Å². The number of amides is 1. The first-order valence-corrected chi connectivity index (χ1v) is 7.47. The first kappa shape index (κ1) is 16.4. The highest BCUT2D eigenvalue weighted by Crippen LogP contribution is 2.29. The zero-order valence-corrected chi connectivity index (χ0v) is 12.7. The highest BCUT2D eigenvalue weighted by Gasteiger charge is 2.30. The largest absolute Gasteiger partial charge is 0.416 e.